The standard InChI is InChI=1S/C15H19ClN2S/c1-4-17-9-13-14(10(2)3)18-15(19-13)11-7-5-6-8-12(11)16/h5-8,10,17H,4,9H2,1-3H3. The number of nitrogens with one attached hydrogen (secondary N) is 1. The average Bonchev–Trinajstić information content (AvgIpc) is 2.81. The van der Waals surface area contributed by atoms with Crippen LogP contribution in [0.2, 0.25) is 5.02 Å². The number of benzene rings is 1. The van der Waals surface area contributed by atoms with E-state index in [0.717, 1.165) is 28.7 Å². The molecule has 0 atom stereocenters. The highest BCUT2D eigenvalue weighted by atomic mass is 35.5. The van der Waals surface area contributed by atoms with E-state index in [0.29, 0.717) is 5.92 Å². The zero-order valence-corrected chi connectivity index (χ0v) is 13.1. The number of halogens is 1. The van der Waals surface area contributed by atoms with Gasteiger partial charge < -0.3 is 5.32 Å². The Bertz CT molecular complexity index is 549. The van der Waals surface area contributed by atoms with E-state index < -0.39 is 0 Å². The van der Waals surface area contributed by atoms with E-state index in [1.165, 1.54) is 10.6 Å². The molecule has 0 spiro atoms. The number of rotatable bonds is 5. The van der Waals surface area contributed by atoms with E-state index in [4.69, 9.17) is 16.6 Å². The lowest BCUT2D eigenvalue weighted by Gasteiger charge is -2.04. The zero-order chi connectivity index (χ0) is 13.8. The summed E-state index contributed by atoms with van der Waals surface area (Å²) in [5.74, 6) is 0.432. The van der Waals surface area contributed by atoms with Crippen molar-refractivity contribution in [2.75, 3.05) is 6.54 Å². The fourth-order valence-electron chi connectivity index (χ4n) is 1.93. The maximum Gasteiger partial charge on any atom is 0.125 e. The van der Waals surface area contributed by atoms with Crippen molar-refractivity contribution in [3.05, 3.63) is 39.9 Å². The first kappa shape index (κ1) is 14.5. The van der Waals surface area contributed by atoms with Crippen LogP contribution in [-0.4, -0.2) is 11.5 Å². The van der Waals surface area contributed by atoms with Gasteiger partial charge in [-0.1, -0.05) is 50.6 Å². The molecule has 0 radical (unpaired) electrons. The van der Waals surface area contributed by atoms with E-state index in [2.05, 4.69) is 26.1 Å². The Morgan fingerprint density at radius 1 is 1.32 bits per heavy atom. The van der Waals surface area contributed by atoms with Crippen molar-refractivity contribution in [2.24, 2.45) is 0 Å². The van der Waals surface area contributed by atoms with E-state index in [1.54, 1.807) is 11.3 Å². The minimum absolute atomic E-state index is 0.432. The summed E-state index contributed by atoms with van der Waals surface area (Å²) in [6.45, 7) is 8.33. The first-order valence-electron chi connectivity index (χ1n) is 6.58. The molecule has 0 saturated heterocycles. The quantitative estimate of drug-likeness (QED) is 0.865. The third-order valence-corrected chi connectivity index (χ3v) is 4.35. The van der Waals surface area contributed by atoms with Gasteiger partial charge in [-0.3, -0.25) is 0 Å². The summed E-state index contributed by atoms with van der Waals surface area (Å²) in [7, 11) is 0. The summed E-state index contributed by atoms with van der Waals surface area (Å²) in [5, 5.41) is 5.16. The summed E-state index contributed by atoms with van der Waals surface area (Å²) >= 11 is 7.99. The molecule has 0 unspecified atom stereocenters. The van der Waals surface area contributed by atoms with Crippen molar-refractivity contribution in [3.8, 4) is 10.6 Å². The minimum Gasteiger partial charge on any atom is -0.312 e. The Labute approximate surface area is 123 Å². The van der Waals surface area contributed by atoms with Crippen LogP contribution in [0.4, 0.5) is 0 Å². The van der Waals surface area contributed by atoms with Crippen LogP contribution in [-0.2, 0) is 6.54 Å². The Balaban J connectivity index is 2.40. The maximum atomic E-state index is 6.26. The second-order valence-corrected chi connectivity index (χ2v) is 6.23. The molecular formula is C15H19ClN2S. The molecule has 19 heavy (non-hydrogen) atoms. The molecule has 0 aliphatic rings. The van der Waals surface area contributed by atoms with Crippen LogP contribution in [0.5, 0.6) is 0 Å². The predicted octanol–water partition coefficient (Wildman–Crippen LogP) is 4.70. The molecule has 2 nitrogen and oxygen atoms in total. The van der Waals surface area contributed by atoms with Crippen LogP contribution < -0.4 is 5.32 Å². The summed E-state index contributed by atoms with van der Waals surface area (Å²) < 4.78 is 0. The second kappa shape index (κ2) is 6.51. The van der Waals surface area contributed by atoms with Crippen molar-refractivity contribution in [1.29, 1.82) is 0 Å². The number of thiazole rings is 1. The third kappa shape index (κ3) is 3.35. The van der Waals surface area contributed by atoms with Gasteiger partial charge in [0, 0.05) is 17.0 Å². The van der Waals surface area contributed by atoms with Crippen molar-refractivity contribution < 1.29 is 0 Å². The van der Waals surface area contributed by atoms with Gasteiger partial charge >= 0.3 is 0 Å². The first-order valence-corrected chi connectivity index (χ1v) is 7.78. The van der Waals surface area contributed by atoms with E-state index >= 15 is 0 Å². The summed E-state index contributed by atoms with van der Waals surface area (Å²) in [5.41, 5.74) is 2.21. The molecule has 102 valence electrons. The Morgan fingerprint density at radius 3 is 2.68 bits per heavy atom. The van der Waals surface area contributed by atoms with E-state index in [9.17, 15) is 0 Å². The third-order valence-electron chi connectivity index (χ3n) is 2.91. The average molecular weight is 295 g/mol. The van der Waals surface area contributed by atoms with Crippen LogP contribution in [0.25, 0.3) is 10.6 Å². The number of aromatic nitrogens is 1. The van der Waals surface area contributed by atoms with Gasteiger partial charge in [0.05, 0.1) is 10.7 Å². The molecule has 0 aliphatic heterocycles. The Kier molecular flexibility index (Phi) is 4.97. The van der Waals surface area contributed by atoms with Crippen LogP contribution in [0.3, 0.4) is 0 Å². The van der Waals surface area contributed by atoms with Gasteiger partial charge in [0.2, 0.25) is 0 Å². The molecule has 4 heteroatoms. The van der Waals surface area contributed by atoms with Crippen molar-refractivity contribution in [1.82, 2.24) is 10.3 Å². The second-order valence-electron chi connectivity index (χ2n) is 4.74. The lowest BCUT2D eigenvalue weighted by Crippen LogP contribution is -2.12. The number of hydrogen-bond donors (Lipinski definition) is 1. The highest BCUT2D eigenvalue weighted by molar-refractivity contribution is 7.15. The van der Waals surface area contributed by atoms with Gasteiger partial charge in [0.25, 0.3) is 0 Å². The normalized spacial score (nSPS) is 11.2. The van der Waals surface area contributed by atoms with Gasteiger partial charge in [0.1, 0.15) is 5.01 Å². The summed E-state index contributed by atoms with van der Waals surface area (Å²) in [6, 6.07) is 7.89. The molecule has 0 fully saturated rings. The topological polar surface area (TPSA) is 24.9 Å². The number of nitrogens with zero attached hydrogens (tertiary/aromatic N) is 1. The van der Waals surface area contributed by atoms with Crippen LogP contribution >= 0.6 is 22.9 Å². The van der Waals surface area contributed by atoms with Gasteiger partial charge in [-0.05, 0) is 18.5 Å². The Morgan fingerprint density at radius 2 is 2.05 bits per heavy atom. The van der Waals surface area contributed by atoms with Crippen molar-refractivity contribution in [3.63, 3.8) is 0 Å². The first-order chi connectivity index (χ1) is 9.13. The fourth-order valence-corrected chi connectivity index (χ4v) is 3.44. The fraction of sp³-hybridized carbons (Fsp3) is 0.400. The van der Waals surface area contributed by atoms with E-state index in [1.807, 2.05) is 24.3 Å². The number of hydrogen-bond acceptors (Lipinski definition) is 3. The SMILES string of the molecule is CCNCc1sc(-c2ccccc2Cl)nc1C(C)C. The molecular weight excluding hydrogens is 276 g/mol. The summed E-state index contributed by atoms with van der Waals surface area (Å²) in [4.78, 5) is 6.10. The molecule has 1 N–H and O–H groups in total. The van der Waals surface area contributed by atoms with E-state index in [-0.39, 0.29) is 0 Å². The molecule has 2 aromatic rings. The molecule has 0 amide bonds. The maximum absolute atomic E-state index is 6.26. The highest BCUT2D eigenvalue weighted by Crippen LogP contribution is 2.35. The van der Waals surface area contributed by atoms with Gasteiger partial charge in [-0.2, -0.15) is 0 Å². The van der Waals surface area contributed by atoms with Crippen LogP contribution in [0, 0.1) is 0 Å². The van der Waals surface area contributed by atoms with Crippen molar-refractivity contribution >= 4 is 22.9 Å². The lowest BCUT2D eigenvalue weighted by molar-refractivity contribution is 0.714. The largest absolute Gasteiger partial charge is 0.312 e. The molecule has 1 aromatic carbocycles. The van der Waals surface area contributed by atoms with Crippen molar-refractivity contribution in [2.45, 2.75) is 33.2 Å². The zero-order valence-electron chi connectivity index (χ0n) is 11.5. The Hall–Kier alpha value is -0.900. The molecule has 1 aromatic heterocycles. The van der Waals surface area contributed by atoms with Crippen LogP contribution in [0.1, 0.15) is 37.3 Å². The lowest BCUT2D eigenvalue weighted by atomic mass is 10.1. The smallest absolute Gasteiger partial charge is 0.125 e. The van der Waals surface area contributed by atoms with Gasteiger partial charge in [-0.25, -0.2) is 4.98 Å². The molecule has 0 saturated carbocycles. The van der Waals surface area contributed by atoms with Gasteiger partial charge in [0.15, 0.2) is 0 Å². The molecule has 1 heterocycles. The molecule has 0 bridgehead atoms. The monoisotopic (exact) mass is 294 g/mol. The molecule has 2 rings (SSSR count). The van der Waals surface area contributed by atoms with Crippen LogP contribution in [0.15, 0.2) is 24.3 Å². The summed E-state index contributed by atoms with van der Waals surface area (Å²) in [6.07, 6.45) is 0. The predicted molar refractivity (Wildman–Crippen MR) is 84.0 cm³/mol. The molecule has 0 aliphatic carbocycles. The minimum atomic E-state index is 0.432. The highest BCUT2D eigenvalue weighted by Gasteiger charge is 2.16. The van der Waals surface area contributed by atoms with Gasteiger partial charge in [-0.15, -0.1) is 11.3 Å².